The second kappa shape index (κ2) is 12.6. The van der Waals surface area contributed by atoms with E-state index in [9.17, 15) is 13.2 Å². The standard InChI is InChI=1S/C25H31F3N4OS/c1-17(2)30-16-19-6-10-22(11-7-19)33-13-5-12-32(18(3)4)24(34)31-21-9-8-20(15-29)23(14-21)25(26,27)28/h6-11,14,17-18,30H,5,12-13,16H2,1-4H3,(H,31,34). The van der Waals surface area contributed by atoms with E-state index in [1.54, 1.807) is 6.07 Å². The van der Waals surface area contributed by atoms with Gasteiger partial charge in [0.25, 0.3) is 0 Å². The van der Waals surface area contributed by atoms with Crippen LogP contribution in [0, 0.1) is 11.3 Å². The molecule has 184 valence electrons. The Hall–Kier alpha value is -2.83. The van der Waals surface area contributed by atoms with E-state index in [0.717, 1.165) is 24.4 Å². The van der Waals surface area contributed by atoms with E-state index < -0.39 is 17.3 Å². The van der Waals surface area contributed by atoms with Crippen LogP contribution in [0.25, 0.3) is 0 Å². The first-order valence-corrected chi connectivity index (χ1v) is 11.6. The van der Waals surface area contributed by atoms with E-state index in [-0.39, 0.29) is 11.7 Å². The lowest BCUT2D eigenvalue weighted by Gasteiger charge is -2.30. The number of hydrogen-bond donors (Lipinski definition) is 2. The van der Waals surface area contributed by atoms with Crippen LogP contribution in [0.15, 0.2) is 42.5 Å². The van der Waals surface area contributed by atoms with Gasteiger partial charge in [-0.25, -0.2) is 0 Å². The lowest BCUT2D eigenvalue weighted by atomic mass is 10.1. The summed E-state index contributed by atoms with van der Waals surface area (Å²) in [6.07, 6.45) is -3.94. The van der Waals surface area contributed by atoms with Crippen LogP contribution >= 0.6 is 12.2 Å². The zero-order valence-electron chi connectivity index (χ0n) is 19.9. The number of benzene rings is 2. The van der Waals surface area contributed by atoms with Crippen molar-refractivity contribution >= 4 is 23.0 Å². The summed E-state index contributed by atoms with van der Waals surface area (Å²) in [5, 5.41) is 15.5. The van der Waals surface area contributed by atoms with Gasteiger partial charge >= 0.3 is 6.18 Å². The molecule has 0 aliphatic rings. The summed E-state index contributed by atoms with van der Waals surface area (Å²) < 4.78 is 45.5. The molecule has 0 aliphatic carbocycles. The fourth-order valence-corrected chi connectivity index (χ4v) is 3.61. The molecule has 0 bridgehead atoms. The van der Waals surface area contributed by atoms with Crippen molar-refractivity contribution in [2.24, 2.45) is 0 Å². The van der Waals surface area contributed by atoms with Gasteiger partial charge in [0.2, 0.25) is 0 Å². The number of rotatable bonds is 10. The predicted octanol–water partition coefficient (Wildman–Crippen LogP) is 5.95. The fraction of sp³-hybridized carbons (Fsp3) is 0.440. The van der Waals surface area contributed by atoms with Crippen molar-refractivity contribution in [1.82, 2.24) is 10.2 Å². The molecule has 2 N–H and O–H groups in total. The highest BCUT2D eigenvalue weighted by Gasteiger charge is 2.34. The molecule has 0 atom stereocenters. The third kappa shape index (κ3) is 8.50. The van der Waals surface area contributed by atoms with Crippen molar-refractivity contribution in [3.05, 3.63) is 59.2 Å². The summed E-state index contributed by atoms with van der Waals surface area (Å²) in [5.41, 5.74) is -0.0467. The maximum Gasteiger partial charge on any atom is 0.417 e. The first-order valence-electron chi connectivity index (χ1n) is 11.2. The smallest absolute Gasteiger partial charge is 0.417 e. The number of halogens is 3. The van der Waals surface area contributed by atoms with Crippen molar-refractivity contribution in [2.45, 2.75) is 58.9 Å². The molecule has 0 spiro atoms. The third-order valence-electron chi connectivity index (χ3n) is 5.03. The molecule has 0 aromatic heterocycles. The average molecular weight is 493 g/mol. The highest BCUT2D eigenvalue weighted by Crippen LogP contribution is 2.33. The number of nitrogens with one attached hydrogen (secondary N) is 2. The summed E-state index contributed by atoms with van der Waals surface area (Å²) in [5.74, 6) is 0.780. The van der Waals surface area contributed by atoms with Crippen molar-refractivity contribution < 1.29 is 17.9 Å². The van der Waals surface area contributed by atoms with E-state index >= 15 is 0 Å². The molecular weight excluding hydrogens is 461 g/mol. The van der Waals surface area contributed by atoms with E-state index in [0.29, 0.717) is 30.7 Å². The van der Waals surface area contributed by atoms with E-state index in [1.165, 1.54) is 11.6 Å². The second-order valence-electron chi connectivity index (χ2n) is 8.47. The third-order valence-corrected chi connectivity index (χ3v) is 5.37. The highest BCUT2D eigenvalue weighted by molar-refractivity contribution is 7.80. The Morgan fingerprint density at radius 1 is 1.12 bits per heavy atom. The summed E-state index contributed by atoms with van der Waals surface area (Å²) in [7, 11) is 0. The van der Waals surface area contributed by atoms with Crippen molar-refractivity contribution in [3.63, 3.8) is 0 Å². The minimum absolute atomic E-state index is 0.0354. The van der Waals surface area contributed by atoms with Crippen molar-refractivity contribution in [3.8, 4) is 11.8 Å². The van der Waals surface area contributed by atoms with Gasteiger partial charge < -0.3 is 20.3 Å². The van der Waals surface area contributed by atoms with Crippen LogP contribution in [-0.2, 0) is 12.7 Å². The number of alkyl halides is 3. The van der Waals surface area contributed by atoms with Gasteiger partial charge in [0.05, 0.1) is 23.8 Å². The minimum Gasteiger partial charge on any atom is -0.494 e. The second-order valence-corrected chi connectivity index (χ2v) is 8.86. The van der Waals surface area contributed by atoms with Gasteiger partial charge in [-0.3, -0.25) is 0 Å². The number of ether oxygens (including phenoxy) is 1. The molecule has 0 saturated heterocycles. The molecule has 5 nitrogen and oxygen atoms in total. The van der Waals surface area contributed by atoms with Gasteiger partial charge in [0, 0.05) is 30.9 Å². The van der Waals surface area contributed by atoms with Gasteiger partial charge in [0.15, 0.2) is 5.11 Å². The Bertz CT molecular complexity index is 985. The maximum atomic E-state index is 13.2. The molecule has 0 unspecified atom stereocenters. The molecule has 0 heterocycles. The molecule has 34 heavy (non-hydrogen) atoms. The van der Waals surface area contributed by atoms with Crippen LogP contribution in [-0.4, -0.2) is 35.2 Å². The monoisotopic (exact) mass is 492 g/mol. The SMILES string of the molecule is CC(C)NCc1ccc(OCCCN(C(=S)Nc2ccc(C#N)c(C(F)(F)F)c2)C(C)C)cc1. The van der Waals surface area contributed by atoms with Gasteiger partial charge in [-0.15, -0.1) is 0 Å². The number of hydrogen-bond acceptors (Lipinski definition) is 4. The summed E-state index contributed by atoms with van der Waals surface area (Å²) in [6, 6.07) is 13.4. The molecule has 2 aromatic carbocycles. The average Bonchev–Trinajstić information content (AvgIpc) is 2.77. The Morgan fingerprint density at radius 2 is 1.79 bits per heavy atom. The molecule has 0 amide bonds. The molecule has 0 aliphatic heterocycles. The van der Waals surface area contributed by atoms with Crippen LogP contribution in [0.4, 0.5) is 18.9 Å². The number of thiocarbonyl (C=S) groups is 1. The van der Waals surface area contributed by atoms with Crippen LogP contribution in [0.2, 0.25) is 0 Å². The summed E-state index contributed by atoms with van der Waals surface area (Å²) in [6.45, 7) is 9.96. The van der Waals surface area contributed by atoms with Gasteiger partial charge in [0.1, 0.15) is 5.75 Å². The Balaban J connectivity index is 1.91. The van der Waals surface area contributed by atoms with E-state index in [2.05, 4.69) is 24.5 Å². The lowest BCUT2D eigenvalue weighted by molar-refractivity contribution is -0.137. The van der Waals surface area contributed by atoms with Crippen LogP contribution in [0.1, 0.15) is 50.8 Å². The molecule has 0 fully saturated rings. The first-order chi connectivity index (χ1) is 16.0. The van der Waals surface area contributed by atoms with Crippen molar-refractivity contribution in [2.75, 3.05) is 18.5 Å². The quantitative estimate of drug-likeness (QED) is 0.316. The van der Waals surface area contributed by atoms with Crippen LogP contribution in [0.3, 0.4) is 0 Å². The zero-order valence-corrected chi connectivity index (χ0v) is 20.7. The van der Waals surface area contributed by atoms with Gasteiger partial charge in [-0.1, -0.05) is 26.0 Å². The van der Waals surface area contributed by atoms with Gasteiger partial charge in [-0.2, -0.15) is 18.4 Å². The molecule has 2 aromatic rings. The molecule has 0 saturated carbocycles. The normalized spacial score (nSPS) is 11.4. The largest absolute Gasteiger partial charge is 0.494 e. The topological polar surface area (TPSA) is 60.3 Å². The van der Waals surface area contributed by atoms with Crippen LogP contribution in [0.5, 0.6) is 5.75 Å². The lowest BCUT2D eigenvalue weighted by Crippen LogP contribution is -2.41. The van der Waals surface area contributed by atoms with Crippen molar-refractivity contribution in [1.29, 1.82) is 5.26 Å². The Morgan fingerprint density at radius 3 is 2.35 bits per heavy atom. The van der Waals surface area contributed by atoms with Gasteiger partial charge in [-0.05, 0) is 68.4 Å². The molecular formula is C25H31F3N4OS. The fourth-order valence-electron chi connectivity index (χ4n) is 3.19. The molecule has 0 radical (unpaired) electrons. The minimum atomic E-state index is -4.62. The Kier molecular flexibility index (Phi) is 10.1. The molecule has 9 heteroatoms. The van der Waals surface area contributed by atoms with E-state index in [1.807, 2.05) is 43.0 Å². The highest BCUT2D eigenvalue weighted by atomic mass is 32.1. The van der Waals surface area contributed by atoms with E-state index in [4.69, 9.17) is 22.2 Å². The summed E-state index contributed by atoms with van der Waals surface area (Å²) >= 11 is 5.45. The Labute approximate surface area is 204 Å². The number of nitrogens with zero attached hydrogens (tertiary/aromatic N) is 2. The zero-order chi connectivity index (χ0) is 25.3. The number of nitriles is 1. The number of anilines is 1. The maximum absolute atomic E-state index is 13.2. The first kappa shape index (κ1) is 27.4. The predicted molar refractivity (Wildman–Crippen MR) is 133 cm³/mol. The van der Waals surface area contributed by atoms with Crippen LogP contribution < -0.4 is 15.4 Å². The molecule has 2 rings (SSSR count). The summed E-state index contributed by atoms with van der Waals surface area (Å²) in [4.78, 5) is 1.89.